The number of hydrogen-bond acceptors (Lipinski definition) is 3. The van der Waals surface area contributed by atoms with Crippen LogP contribution in [0.1, 0.15) is 0 Å². The van der Waals surface area contributed by atoms with Gasteiger partial charge >= 0.3 is 0 Å². The smallest absolute Gasteiger partial charge is 0.135 e. The molecule has 0 amide bonds. The summed E-state index contributed by atoms with van der Waals surface area (Å²) in [5.74, 6) is 4.38. The summed E-state index contributed by atoms with van der Waals surface area (Å²) >= 11 is 0. The molecule has 0 aliphatic carbocycles. The van der Waals surface area contributed by atoms with E-state index in [1.165, 1.54) is 0 Å². The van der Waals surface area contributed by atoms with Gasteiger partial charge in [0, 0.05) is 17.2 Å². The number of rotatable bonds is 10. The Bertz CT molecular complexity index is 2390. The van der Waals surface area contributed by atoms with E-state index in [0.717, 1.165) is 61.8 Å². The molecule has 0 atom stereocenters. The van der Waals surface area contributed by atoms with Crippen LogP contribution in [0.15, 0.2) is 206 Å². The third-order valence-electron chi connectivity index (χ3n) is 8.64. The minimum absolute atomic E-state index is 0.674. The second kappa shape index (κ2) is 14.7. The van der Waals surface area contributed by atoms with Crippen LogP contribution in [0, 0.1) is 0 Å². The van der Waals surface area contributed by atoms with E-state index in [-0.39, 0.29) is 0 Å². The van der Waals surface area contributed by atoms with Crippen molar-refractivity contribution in [3.63, 3.8) is 0 Å². The lowest BCUT2D eigenvalue weighted by Gasteiger charge is -2.15. The van der Waals surface area contributed by atoms with E-state index in [9.17, 15) is 0 Å². The van der Waals surface area contributed by atoms with Gasteiger partial charge in [0.15, 0.2) is 0 Å². The average molecular weight is 659 g/mol. The maximum absolute atomic E-state index is 6.61. The maximum atomic E-state index is 6.61. The van der Waals surface area contributed by atoms with Gasteiger partial charge in [-0.25, -0.2) is 0 Å². The lowest BCUT2D eigenvalue weighted by atomic mass is 9.99. The van der Waals surface area contributed by atoms with Crippen molar-refractivity contribution in [2.45, 2.75) is 0 Å². The zero-order valence-electron chi connectivity index (χ0n) is 27.9. The Morgan fingerprint density at radius 3 is 1.33 bits per heavy atom. The Kier molecular flexibility index (Phi) is 9.08. The Morgan fingerprint density at radius 2 is 0.647 bits per heavy atom. The Hall–Kier alpha value is -6.84. The molecule has 0 aromatic heterocycles. The Labute approximate surface area is 298 Å². The molecule has 0 aliphatic heterocycles. The van der Waals surface area contributed by atoms with E-state index < -0.39 is 0 Å². The minimum Gasteiger partial charge on any atom is -0.457 e. The monoisotopic (exact) mass is 658 g/mol. The number of ether oxygens (including phenoxy) is 3. The van der Waals surface area contributed by atoms with Gasteiger partial charge in [-0.2, -0.15) is 0 Å². The molecule has 0 fully saturated rings. The average Bonchev–Trinajstić information content (AvgIpc) is 3.19. The summed E-state index contributed by atoms with van der Waals surface area (Å²) in [6.45, 7) is 0. The fourth-order valence-corrected chi connectivity index (χ4v) is 6.16. The summed E-state index contributed by atoms with van der Waals surface area (Å²) in [6, 6.07) is 69.4. The van der Waals surface area contributed by atoms with E-state index in [4.69, 9.17) is 14.2 Å². The van der Waals surface area contributed by atoms with Crippen LogP contribution in [0.5, 0.6) is 34.5 Å². The molecule has 0 heterocycles. The molecule has 8 aromatic rings. The van der Waals surface area contributed by atoms with Gasteiger partial charge in [-0.3, -0.25) is 0 Å². The molecular weight excluding hydrogens is 625 g/mol. The Balaban J connectivity index is 1.04. The van der Waals surface area contributed by atoms with Crippen LogP contribution in [0.25, 0.3) is 44.5 Å². The number of hydrogen-bond donors (Lipinski definition) is 0. The van der Waals surface area contributed by atoms with Crippen molar-refractivity contribution >= 4 is 0 Å². The normalized spacial score (nSPS) is 10.7. The van der Waals surface area contributed by atoms with Crippen molar-refractivity contribution in [2.24, 2.45) is 0 Å². The second-order valence-electron chi connectivity index (χ2n) is 12.1. The van der Waals surface area contributed by atoms with E-state index in [2.05, 4.69) is 78.9 Å². The van der Waals surface area contributed by atoms with Crippen LogP contribution < -0.4 is 14.2 Å². The van der Waals surface area contributed by atoms with E-state index in [1.807, 2.05) is 127 Å². The van der Waals surface area contributed by atoms with Crippen LogP contribution in [-0.4, -0.2) is 0 Å². The molecule has 0 unspecified atom stereocenters. The van der Waals surface area contributed by atoms with Crippen LogP contribution >= 0.6 is 0 Å². The summed E-state index contributed by atoms with van der Waals surface area (Å²) < 4.78 is 19.5. The number of benzene rings is 8. The molecular formula is C48H34O3. The molecule has 0 saturated heterocycles. The lowest BCUT2D eigenvalue weighted by molar-refractivity contribution is 0.461. The summed E-state index contributed by atoms with van der Waals surface area (Å²) in [5, 5.41) is 0. The second-order valence-corrected chi connectivity index (χ2v) is 12.1. The van der Waals surface area contributed by atoms with Crippen molar-refractivity contribution in [2.75, 3.05) is 0 Å². The molecule has 0 aliphatic rings. The molecule has 0 bridgehead atoms. The highest BCUT2D eigenvalue weighted by molar-refractivity contribution is 5.77. The molecule has 51 heavy (non-hydrogen) atoms. The van der Waals surface area contributed by atoms with Crippen molar-refractivity contribution in [1.29, 1.82) is 0 Å². The van der Waals surface area contributed by atoms with Gasteiger partial charge in [-0.05, 0) is 81.9 Å². The minimum atomic E-state index is 0.674. The predicted molar refractivity (Wildman–Crippen MR) is 208 cm³/mol. The molecule has 244 valence electrons. The summed E-state index contributed by atoms with van der Waals surface area (Å²) in [4.78, 5) is 0. The van der Waals surface area contributed by atoms with Gasteiger partial charge in [0.2, 0.25) is 0 Å². The third kappa shape index (κ3) is 7.44. The first-order chi connectivity index (χ1) is 25.2. The molecule has 0 N–H and O–H groups in total. The van der Waals surface area contributed by atoms with Crippen LogP contribution in [0.2, 0.25) is 0 Å². The zero-order valence-corrected chi connectivity index (χ0v) is 27.9. The highest BCUT2D eigenvalue weighted by Crippen LogP contribution is 2.39. The molecule has 8 rings (SSSR count). The van der Waals surface area contributed by atoms with E-state index >= 15 is 0 Å². The van der Waals surface area contributed by atoms with E-state index in [0.29, 0.717) is 17.2 Å². The quantitative estimate of drug-likeness (QED) is 0.146. The van der Waals surface area contributed by atoms with Gasteiger partial charge in [0.25, 0.3) is 0 Å². The van der Waals surface area contributed by atoms with Crippen molar-refractivity contribution in [3.05, 3.63) is 206 Å². The van der Waals surface area contributed by atoms with Crippen LogP contribution in [0.4, 0.5) is 0 Å². The first-order valence-corrected chi connectivity index (χ1v) is 17.0. The van der Waals surface area contributed by atoms with Crippen molar-refractivity contribution in [1.82, 2.24) is 0 Å². The molecule has 0 saturated carbocycles. The van der Waals surface area contributed by atoms with Gasteiger partial charge in [-0.1, -0.05) is 152 Å². The fraction of sp³-hybridized carbons (Fsp3) is 0. The molecule has 3 nitrogen and oxygen atoms in total. The topological polar surface area (TPSA) is 27.7 Å². The molecule has 0 radical (unpaired) electrons. The van der Waals surface area contributed by atoms with Gasteiger partial charge in [0.1, 0.15) is 34.5 Å². The summed E-state index contributed by atoms with van der Waals surface area (Å²) in [5.41, 5.74) is 8.53. The van der Waals surface area contributed by atoms with Gasteiger partial charge < -0.3 is 14.2 Å². The first-order valence-electron chi connectivity index (χ1n) is 17.0. The zero-order chi connectivity index (χ0) is 34.2. The van der Waals surface area contributed by atoms with Crippen LogP contribution in [0.3, 0.4) is 0 Å². The van der Waals surface area contributed by atoms with Crippen LogP contribution in [-0.2, 0) is 0 Å². The molecule has 8 aromatic carbocycles. The Morgan fingerprint density at radius 1 is 0.216 bits per heavy atom. The van der Waals surface area contributed by atoms with Crippen molar-refractivity contribution in [3.8, 4) is 79.0 Å². The molecule has 0 spiro atoms. The largest absolute Gasteiger partial charge is 0.457 e. The van der Waals surface area contributed by atoms with Gasteiger partial charge in [-0.15, -0.1) is 0 Å². The third-order valence-corrected chi connectivity index (χ3v) is 8.64. The first kappa shape index (κ1) is 31.4. The highest BCUT2D eigenvalue weighted by Gasteiger charge is 2.13. The van der Waals surface area contributed by atoms with Crippen molar-refractivity contribution < 1.29 is 14.2 Å². The summed E-state index contributed by atoms with van der Waals surface area (Å²) in [7, 11) is 0. The maximum Gasteiger partial charge on any atom is 0.135 e. The highest BCUT2D eigenvalue weighted by atomic mass is 16.5. The summed E-state index contributed by atoms with van der Waals surface area (Å²) in [6.07, 6.45) is 0. The number of para-hydroxylation sites is 1. The molecule has 3 heteroatoms. The standard InChI is InChI=1S/C48H34O3/c1-4-15-35(16-5-1)38-21-12-24-42(31-38)50-47-28-11-10-27-45(47)40-22-13-23-41(32-40)49-43-25-14-26-44(34-43)51-48-33-39(36-17-6-2-7-18-36)29-30-46(48)37-19-8-3-9-20-37/h1-34H. The van der Waals surface area contributed by atoms with Gasteiger partial charge in [0.05, 0.1) is 0 Å². The SMILES string of the molecule is c1ccc(-c2cccc(Oc3ccccc3-c3cccc(Oc4cccc(Oc5cc(-c6ccccc6)ccc5-c5ccccc5)c4)c3)c2)cc1. The predicted octanol–water partition coefficient (Wildman–Crippen LogP) is 13.7. The lowest BCUT2D eigenvalue weighted by Crippen LogP contribution is -1.92. The van der Waals surface area contributed by atoms with E-state index in [1.54, 1.807) is 0 Å². The fourth-order valence-electron chi connectivity index (χ4n) is 6.16.